The topological polar surface area (TPSA) is 83.1 Å². The van der Waals surface area contributed by atoms with Crippen molar-refractivity contribution in [2.45, 2.75) is 6.04 Å². The summed E-state index contributed by atoms with van der Waals surface area (Å²) in [5.74, 6) is -0.339. The van der Waals surface area contributed by atoms with Gasteiger partial charge in [-0.05, 0) is 18.2 Å². The molecule has 24 heavy (non-hydrogen) atoms. The first kappa shape index (κ1) is 15.1. The number of fused-ring (bicyclic) bond motifs is 1. The Morgan fingerprint density at radius 2 is 2.38 bits per heavy atom. The van der Waals surface area contributed by atoms with Crippen molar-refractivity contribution in [2.75, 3.05) is 31.6 Å². The second-order valence-electron chi connectivity index (χ2n) is 5.65. The van der Waals surface area contributed by atoms with E-state index in [1.807, 2.05) is 18.5 Å². The maximum Gasteiger partial charge on any atom is 0.337 e. The van der Waals surface area contributed by atoms with Crippen LogP contribution in [0, 0.1) is 0 Å². The van der Waals surface area contributed by atoms with Crippen LogP contribution >= 0.6 is 11.3 Å². The van der Waals surface area contributed by atoms with E-state index in [4.69, 9.17) is 9.72 Å². The Morgan fingerprint density at radius 3 is 3.17 bits per heavy atom. The van der Waals surface area contributed by atoms with E-state index in [0.29, 0.717) is 5.56 Å². The molecule has 2 aromatic heterocycles. The van der Waals surface area contributed by atoms with E-state index in [1.54, 1.807) is 23.5 Å². The highest BCUT2D eigenvalue weighted by atomic mass is 32.1. The van der Waals surface area contributed by atoms with Crippen molar-refractivity contribution < 1.29 is 9.53 Å². The zero-order valence-electron chi connectivity index (χ0n) is 13.2. The third-order valence-electron chi connectivity index (χ3n) is 4.17. The summed E-state index contributed by atoms with van der Waals surface area (Å²) in [6, 6.07) is 5.73. The summed E-state index contributed by atoms with van der Waals surface area (Å²) in [7, 11) is 1.38. The van der Waals surface area contributed by atoms with Crippen LogP contribution in [0.3, 0.4) is 0 Å². The van der Waals surface area contributed by atoms with Crippen LogP contribution in [-0.2, 0) is 4.74 Å². The van der Waals surface area contributed by atoms with Gasteiger partial charge in [-0.3, -0.25) is 5.10 Å². The van der Waals surface area contributed by atoms with Crippen molar-refractivity contribution in [2.24, 2.45) is 0 Å². The molecular formula is C16H17N5O2S. The van der Waals surface area contributed by atoms with Gasteiger partial charge in [0.05, 0.1) is 35.1 Å². The van der Waals surface area contributed by atoms with Crippen molar-refractivity contribution in [1.82, 2.24) is 20.5 Å². The van der Waals surface area contributed by atoms with Crippen LogP contribution in [0.2, 0.25) is 0 Å². The number of carbonyl (C=O) groups is 1. The molecule has 1 saturated heterocycles. The normalized spacial score (nSPS) is 18.0. The molecule has 7 nitrogen and oxygen atoms in total. The van der Waals surface area contributed by atoms with Crippen LogP contribution < -0.4 is 10.2 Å². The summed E-state index contributed by atoms with van der Waals surface area (Å²) in [4.78, 5) is 18.7. The number of H-pyrrole nitrogens is 1. The Morgan fingerprint density at radius 1 is 1.46 bits per heavy atom. The summed E-state index contributed by atoms with van der Waals surface area (Å²) in [5.41, 5.74) is 2.50. The number of nitrogens with one attached hydrogen (secondary N) is 2. The Bertz CT molecular complexity index is 861. The number of aromatic amines is 1. The second kappa shape index (κ2) is 6.21. The number of carbonyl (C=O) groups excluding carboxylic acids is 1. The first-order valence-corrected chi connectivity index (χ1v) is 8.52. The minimum atomic E-state index is -0.339. The van der Waals surface area contributed by atoms with Gasteiger partial charge in [0.25, 0.3) is 0 Å². The zero-order valence-corrected chi connectivity index (χ0v) is 14.0. The van der Waals surface area contributed by atoms with Gasteiger partial charge in [-0.25, -0.2) is 9.78 Å². The molecular weight excluding hydrogens is 326 g/mol. The summed E-state index contributed by atoms with van der Waals surface area (Å²) < 4.78 is 5.84. The fourth-order valence-electron chi connectivity index (χ4n) is 2.89. The van der Waals surface area contributed by atoms with Crippen molar-refractivity contribution in [3.63, 3.8) is 0 Å². The van der Waals surface area contributed by atoms with Gasteiger partial charge in [-0.1, -0.05) is 11.3 Å². The maximum atomic E-state index is 11.7. The quantitative estimate of drug-likeness (QED) is 0.708. The monoisotopic (exact) mass is 343 g/mol. The van der Waals surface area contributed by atoms with Crippen molar-refractivity contribution in [3.05, 3.63) is 41.7 Å². The summed E-state index contributed by atoms with van der Waals surface area (Å²) in [6.07, 6.45) is 3.77. The third kappa shape index (κ3) is 2.74. The molecule has 1 aliphatic heterocycles. The van der Waals surface area contributed by atoms with Crippen LogP contribution in [0.4, 0.5) is 5.13 Å². The molecule has 124 valence electrons. The Kier molecular flexibility index (Phi) is 3.91. The van der Waals surface area contributed by atoms with Gasteiger partial charge in [0, 0.05) is 31.4 Å². The van der Waals surface area contributed by atoms with E-state index in [0.717, 1.165) is 40.5 Å². The number of piperazine rings is 1. The van der Waals surface area contributed by atoms with E-state index in [9.17, 15) is 4.79 Å². The summed E-state index contributed by atoms with van der Waals surface area (Å²) >= 11 is 1.64. The van der Waals surface area contributed by atoms with E-state index >= 15 is 0 Å². The highest BCUT2D eigenvalue weighted by Gasteiger charge is 2.23. The molecule has 4 rings (SSSR count). The Labute approximate surface area is 142 Å². The average molecular weight is 343 g/mol. The number of methoxy groups -OCH3 is 1. The largest absolute Gasteiger partial charge is 0.465 e. The van der Waals surface area contributed by atoms with Crippen LogP contribution in [0.25, 0.3) is 10.2 Å². The summed E-state index contributed by atoms with van der Waals surface area (Å²) in [5, 5.41) is 11.4. The minimum Gasteiger partial charge on any atom is -0.465 e. The summed E-state index contributed by atoms with van der Waals surface area (Å²) in [6.45, 7) is 2.63. The highest BCUT2D eigenvalue weighted by Crippen LogP contribution is 2.31. The number of rotatable bonds is 3. The molecule has 1 aliphatic rings. The first-order chi connectivity index (χ1) is 11.7. The van der Waals surface area contributed by atoms with Gasteiger partial charge in [0.1, 0.15) is 0 Å². The second-order valence-corrected chi connectivity index (χ2v) is 6.66. The number of anilines is 1. The van der Waals surface area contributed by atoms with Crippen molar-refractivity contribution in [1.29, 1.82) is 0 Å². The smallest absolute Gasteiger partial charge is 0.337 e. The third-order valence-corrected chi connectivity index (χ3v) is 5.26. The van der Waals surface area contributed by atoms with Crippen LogP contribution in [-0.4, -0.2) is 47.9 Å². The molecule has 0 aliphatic carbocycles. The van der Waals surface area contributed by atoms with Crippen LogP contribution in [0.15, 0.2) is 30.6 Å². The predicted octanol–water partition coefficient (Wildman–Crippen LogP) is 1.96. The standard InChI is InChI=1S/C16H17N5O2S/c1-23-15(22)10-2-3-14-12(6-10)20-16(24-14)21-5-4-17-13(9-21)11-7-18-19-8-11/h2-3,6-8,13,17H,4-5,9H2,1H3,(H,18,19). The van der Waals surface area contributed by atoms with Gasteiger partial charge in [0.2, 0.25) is 0 Å². The lowest BCUT2D eigenvalue weighted by molar-refractivity contribution is 0.0601. The number of esters is 1. The molecule has 3 aromatic rings. The van der Waals surface area contributed by atoms with Crippen LogP contribution in [0.1, 0.15) is 22.0 Å². The minimum absolute atomic E-state index is 0.232. The van der Waals surface area contributed by atoms with E-state index in [1.165, 1.54) is 7.11 Å². The van der Waals surface area contributed by atoms with Gasteiger partial charge in [-0.2, -0.15) is 5.10 Å². The first-order valence-electron chi connectivity index (χ1n) is 7.70. The van der Waals surface area contributed by atoms with E-state index < -0.39 is 0 Å². The average Bonchev–Trinajstić information content (AvgIpc) is 3.30. The van der Waals surface area contributed by atoms with Crippen molar-refractivity contribution >= 4 is 32.7 Å². The molecule has 0 spiro atoms. The number of nitrogens with zero attached hydrogens (tertiary/aromatic N) is 3. The molecule has 0 bridgehead atoms. The number of hydrogen-bond donors (Lipinski definition) is 2. The fourth-order valence-corrected chi connectivity index (χ4v) is 3.87. The molecule has 1 atom stereocenters. The molecule has 0 saturated carbocycles. The van der Waals surface area contributed by atoms with E-state index in [-0.39, 0.29) is 12.0 Å². The van der Waals surface area contributed by atoms with Gasteiger partial charge < -0.3 is 15.0 Å². The molecule has 0 radical (unpaired) electrons. The molecule has 1 aromatic carbocycles. The number of ether oxygens (including phenoxy) is 1. The Balaban J connectivity index is 1.60. The molecule has 3 heterocycles. The van der Waals surface area contributed by atoms with Gasteiger partial charge in [-0.15, -0.1) is 0 Å². The molecule has 8 heteroatoms. The molecule has 0 amide bonds. The lowest BCUT2D eigenvalue weighted by Crippen LogP contribution is -2.45. The Hall–Kier alpha value is -2.45. The fraction of sp³-hybridized carbons (Fsp3) is 0.312. The predicted molar refractivity (Wildman–Crippen MR) is 92.5 cm³/mol. The van der Waals surface area contributed by atoms with Gasteiger partial charge in [0.15, 0.2) is 5.13 Å². The lowest BCUT2D eigenvalue weighted by atomic mass is 10.1. The molecule has 1 fully saturated rings. The maximum absolute atomic E-state index is 11.7. The zero-order chi connectivity index (χ0) is 16.5. The SMILES string of the molecule is COC(=O)c1ccc2sc(N3CCNC(c4cn[nH]c4)C3)nc2c1. The highest BCUT2D eigenvalue weighted by molar-refractivity contribution is 7.22. The number of benzene rings is 1. The van der Waals surface area contributed by atoms with Crippen molar-refractivity contribution in [3.8, 4) is 0 Å². The molecule has 2 N–H and O–H groups in total. The molecule has 1 unspecified atom stereocenters. The van der Waals surface area contributed by atoms with E-state index in [2.05, 4.69) is 20.4 Å². The van der Waals surface area contributed by atoms with Gasteiger partial charge >= 0.3 is 5.97 Å². The number of hydrogen-bond acceptors (Lipinski definition) is 7. The number of thiazole rings is 1. The number of aromatic nitrogens is 3. The van der Waals surface area contributed by atoms with Crippen LogP contribution in [0.5, 0.6) is 0 Å². The lowest BCUT2D eigenvalue weighted by Gasteiger charge is -2.33.